The molecule has 0 aromatic rings. The second-order valence-corrected chi connectivity index (χ2v) is 3.63. The summed E-state index contributed by atoms with van der Waals surface area (Å²) >= 11 is 0. The Kier molecular flexibility index (Phi) is 2.06. The molecule has 0 aromatic heterocycles. The molecule has 3 N–H and O–H groups in total. The Morgan fingerprint density at radius 3 is 2.50 bits per heavy atom. The average molecular weight is 171 g/mol. The first-order chi connectivity index (χ1) is 5.40. The molecule has 1 aliphatic heterocycles. The number of carbonyl (C=O) groups is 2. The fourth-order valence-electron chi connectivity index (χ4n) is 1.02. The molecule has 1 rings (SSSR count). The predicted molar refractivity (Wildman–Crippen MR) is 43.4 cm³/mol. The lowest BCUT2D eigenvalue weighted by molar-refractivity contribution is -0.125. The maximum absolute atomic E-state index is 11.0. The van der Waals surface area contributed by atoms with Gasteiger partial charge in [0, 0.05) is 12.1 Å². The number of hydrogen-bond donors (Lipinski definition) is 2. The maximum atomic E-state index is 11.0. The maximum Gasteiger partial charge on any atom is 0.324 e. The zero-order chi connectivity index (χ0) is 9.35. The fourth-order valence-corrected chi connectivity index (χ4v) is 1.02. The smallest absolute Gasteiger partial charge is 0.324 e. The van der Waals surface area contributed by atoms with Crippen molar-refractivity contribution in [3.63, 3.8) is 0 Å². The topological polar surface area (TPSA) is 75.4 Å². The van der Waals surface area contributed by atoms with E-state index in [-0.39, 0.29) is 25.0 Å². The third-order valence-corrected chi connectivity index (χ3v) is 1.50. The minimum atomic E-state index is -0.530. The van der Waals surface area contributed by atoms with E-state index in [1.807, 2.05) is 0 Å². The molecule has 0 aliphatic carbocycles. The second kappa shape index (κ2) is 2.75. The van der Waals surface area contributed by atoms with Gasteiger partial charge < -0.3 is 11.1 Å². The van der Waals surface area contributed by atoms with Gasteiger partial charge in [-0.2, -0.15) is 0 Å². The summed E-state index contributed by atoms with van der Waals surface area (Å²) < 4.78 is 0. The van der Waals surface area contributed by atoms with Crippen molar-refractivity contribution in [3.8, 4) is 0 Å². The molecule has 12 heavy (non-hydrogen) atoms. The summed E-state index contributed by atoms with van der Waals surface area (Å²) in [7, 11) is 0. The lowest BCUT2D eigenvalue weighted by atomic mass is 10.1. The average Bonchev–Trinajstić information content (AvgIpc) is 2.16. The summed E-state index contributed by atoms with van der Waals surface area (Å²) in [4.78, 5) is 23.2. The van der Waals surface area contributed by atoms with Crippen LogP contribution in [0.1, 0.15) is 13.8 Å². The minimum absolute atomic E-state index is 0.0922. The van der Waals surface area contributed by atoms with E-state index in [2.05, 4.69) is 5.32 Å². The van der Waals surface area contributed by atoms with Crippen molar-refractivity contribution in [1.29, 1.82) is 0 Å². The van der Waals surface area contributed by atoms with Crippen molar-refractivity contribution in [2.75, 3.05) is 13.1 Å². The van der Waals surface area contributed by atoms with Crippen LogP contribution in [0.3, 0.4) is 0 Å². The van der Waals surface area contributed by atoms with Crippen molar-refractivity contribution in [2.45, 2.75) is 19.4 Å². The van der Waals surface area contributed by atoms with E-state index < -0.39 is 5.54 Å². The lowest BCUT2D eigenvalue weighted by Gasteiger charge is -2.23. The van der Waals surface area contributed by atoms with Gasteiger partial charge in [-0.05, 0) is 13.8 Å². The highest BCUT2D eigenvalue weighted by Crippen LogP contribution is 2.05. The second-order valence-electron chi connectivity index (χ2n) is 3.63. The predicted octanol–water partition coefficient (Wildman–Crippen LogP) is -0.724. The van der Waals surface area contributed by atoms with Gasteiger partial charge in [-0.1, -0.05) is 0 Å². The van der Waals surface area contributed by atoms with Gasteiger partial charge in [0.15, 0.2) is 0 Å². The van der Waals surface area contributed by atoms with E-state index in [1.165, 1.54) is 0 Å². The Morgan fingerprint density at radius 1 is 1.58 bits per heavy atom. The third kappa shape index (κ3) is 1.94. The van der Waals surface area contributed by atoms with Crippen LogP contribution < -0.4 is 11.1 Å². The number of amides is 3. The van der Waals surface area contributed by atoms with Crippen LogP contribution in [0.25, 0.3) is 0 Å². The Bertz CT molecular complexity index is 203. The highest BCUT2D eigenvalue weighted by molar-refractivity contribution is 6.02. The van der Waals surface area contributed by atoms with Crippen molar-refractivity contribution < 1.29 is 9.59 Å². The molecule has 0 atom stereocenters. The molecular weight excluding hydrogens is 158 g/mol. The van der Waals surface area contributed by atoms with Gasteiger partial charge >= 0.3 is 6.03 Å². The standard InChI is InChI=1S/C7H13N3O2/c1-7(2,8)4-10-5(11)3-9-6(10)12/h3-4,8H2,1-2H3,(H,9,12). The summed E-state index contributed by atoms with van der Waals surface area (Å²) in [5.41, 5.74) is 5.14. The zero-order valence-electron chi connectivity index (χ0n) is 7.26. The molecule has 0 spiro atoms. The first-order valence-corrected chi connectivity index (χ1v) is 3.77. The number of hydrogen-bond acceptors (Lipinski definition) is 3. The Morgan fingerprint density at radius 2 is 2.17 bits per heavy atom. The van der Waals surface area contributed by atoms with Crippen LogP contribution in [0.4, 0.5) is 4.79 Å². The number of imide groups is 1. The van der Waals surface area contributed by atoms with Gasteiger partial charge in [-0.15, -0.1) is 0 Å². The van der Waals surface area contributed by atoms with Crippen LogP contribution in [0.2, 0.25) is 0 Å². The Labute approximate surface area is 70.9 Å². The molecular formula is C7H13N3O2. The van der Waals surface area contributed by atoms with E-state index in [4.69, 9.17) is 5.73 Å². The van der Waals surface area contributed by atoms with Crippen LogP contribution in [-0.2, 0) is 4.79 Å². The van der Waals surface area contributed by atoms with Crippen LogP contribution in [0.5, 0.6) is 0 Å². The monoisotopic (exact) mass is 171 g/mol. The molecule has 3 amide bonds. The van der Waals surface area contributed by atoms with E-state index in [1.54, 1.807) is 13.8 Å². The van der Waals surface area contributed by atoms with Crippen molar-refractivity contribution >= 4 is 11.9 Å². The fraction of sp³-hybridized carbons (Fsp3) is 0.714. The Balaban J connectivity index is 2.62. The SMILES string of the molecule is CC(C)(N)CN1C(=O)CNC1=O. The lowest BCUT2D eigenvalue weighted by Crippen LogP contribution is -2.47. The van der Waals surface area contributed by atoms with Crippen molar-refractivity contribution in [3.05, 3.63) is 0 Å². The number of urea groups is 1. The number of nitrogens with zero attached hydrogens (tertiary/aromatic N) is 1. The summed E-state index contributed by atoms with van der Waals surface area (Å²) in [6, 6.07) is -0.349. The molecule has 0 aromatic carbocycles. The quantitative estimate of drug-likeness (QED) is 0.538. The van der Waals surface area contributed by atoms with Crippen molar-refractivity contribution in [1.82, 2.24) is 10.2 Å². The summed E-state index contributed by atoms with van der Waals surface area (Å²) in [6.07, 6.45) is 0. The van der Waals surface area contributed by atoms with Gasteiger partial charge in [0.1, 0.15) is 0 Å². The highest BCUT2D eigenvalue weighted by atomic mass is 16.2. The van der Waals surface area contributed by atoms with Crippen LogP contribution in [0, 0.1) is 0 Å². The zero-order valence-corrected chi connectivity index (χ0v) is 7.26. The molecule has 1 heterocycles. The van der Waals surface area contributed by atoms with Gasteiger partial charge in [0.05, 0.1) is 6.54 Å². The van der Waals surface area contributed by atoms with Gasteiger partial charge in [0.2, 0.25) is 5.91 Å². The molecule has 1 aliphatic rings. The van der Waals surface area contributed by atoms with Crippen LogP contribution in [0.15, 0.2) is 0 Å². The number of rotatable bonds is 2. The largest absolute Gasteiger partial charge is 0.329 e. The molecule has 1 saturated heterocycles. The molecule has 0 bridgehead atoms. The Hall–Kier alpha value is -1.10. The van der Waals surface area contributed by atoms with Gasteiger partial charge in [-0.3, -0.25) is 9.69 Å². The normalized spacial score (nSPS) is 18.4. The molecule has 5 nitrogen and oxygen atoms in total. The molecule has 5 heteroatoms. The number of nitrogens with two attached hydrogens (primary N) is 1. The minimum Gasteiger partial charge on any atom is -0.329 e. The van der Waals surface area contributed by atoms with E-state index >= 15 is 0 Å². The first kappa shape index (κ1) is 8.99. The molecule has 68 valence electrons. The molecule has 0 saturated carbocycles. The third-order valence-electron chi connectivity index (χ3n) is 1.50. The number of carbonyl (C=O) groups excluding carboxylic acids is 2. The summed E-state index contributed by atoms with van der Waals surface area (Å²) in [5, 5.41) is 2.42. The molecule has 0 unspecified atom stereocenters. The van der Waals surface area contributed by atoms with E-state index in [0.29, 0.717) is 0 Å². The van der Waals surface area contributed by atoms with Crippen LogP contribution >= 0.6 is 0 Å². The summed E-state index contributed by atoms with van der Waals surface area (Å²) in [5.74, 6) is -0.210. The first-order valence-electron chi connectivity index (χ1n) is 3.77. The van der Waals surface area contributed by atoms with Gasteiger partial charge in [0.25, 0.3) is 0 Å². The van der Waals surface area contributed by atoms with Crippen LogP contribution in [-0.4, -0.2) is 35.5 Å². The van der Waals surface area contributed by atoms with Crippen molar-refractivity contribution in [2.24, 2.45) is 5.73 Å². The molecule has 1 fully saturated rings. The summed E-state index contributed by atoms with van der Waals surface area (Å²) in [6.45, 7) is 3.89. The van der Waals surface area contributed by atoms with E-state index in [0.717, 1.165) is 4.90 Å². The van der Waals surface area contributed by atoms with E-state index in [9.17, 15) is 9.59 Å². The molecule has 0 radical (unpaired) electrons. The van der Waals surface area contributed by atoms with Gasteiger partial charge in [-0.25, -0.2) is 4.79 Å². The highest BCUT2D eigenvalue weighted by Gasteiger charge is 2.31. The number of nitrogens with one attached hydrogen (secondary N) is 1.